The highest BCUT2D eigenvalue weighted by atomic mass is 28.3. The summed E-state index contributed by atoms with van der Waals surface area (Å²) in [7, 11) is -1.83. The van der Waals surface area contributed by atoms with Crippen molar-refractivity contribution in [3.8, 4) is 11.6 Å². The molecule has 1 aliphatic heterocycles. The maximum Gasteiger partial charge on any atom is 0.231 e. The summed E-state index contributed by atoms with van der Waals surface area (Å²) in [6, 6.07) is 14.4. The van der Waals surface area contributed by atoms with Crippen LogP contribution in [-0.2, 0) is 11.2 Å². The first-order valence-electron chi connectivity index (χ1n) is 11.8. The zero-order valence-electron chi connectivity index (χ0n) is 20.2. The van der Waals surface area contributed by atoms with Crippen molar-refractivity contribution in [1.82, 2.24) is 9.80 Å². The molecule has 30 heavy (non-hydrogen) atoms. The van der Waals surface area contributed by atoms with Gasteiger partial charge in [-0.2, -0.15) is 0 Å². The van der Waals surface area contributed by atoms with Crippen LogP contribution in [-0.4, -0.2) is 49.5 Å². The molecular formula is C26H42N2OSi. The van der Waals surface area contributed by atoms with Gasteiger partial charge >= 0.3 is 0 Å². The molecule has 1 heterocycles. The van der Waals surface area contributed by atoms with Crippen molar-refractivity contribution < 1.29 is 4.79 Å². The van der Waals surface area contributed by atoms with E-state index in [0.29, 0.717) is 16.6 Å². The van der Waals surface area contributed by atoms with E-state index in [9.17, 15) is 4.79 Å². The number of carbonyl (C=O) groups is 1. The molecule has 0 bridgehead atoms. The first-order valence-corrected chi connectivity index (χ1v) is 14.0. The molecule has 1 fully saturated rings. The summed E-state index contributed by atoms with van der Waals surface area (Å²) in [6.45, 7) is 18.8. The molecule has 1 aromatic rings. The molecule has 0 spiro atoms. The second-order valence-electron chi connectivity index (χ2n) is 9.83. The van der Waals surface area contributed by atoms with Crippen LogP contribution in [0.15, 0.2) is 30.3 Å². The van der Waals surface area contributed by atoms with Gasteiger partial charge in [-0.15, -0.1) is 5.54 Å². The second-order valence-corrected chi connectivity index (χ2v) is 15.4. The minimum atomic E-state index is -1.83. The van der Waals surface area contributed by atoms with E-state index in [0.717, 1.165) is 38.9 Å². The second kappa shape index (κ2) is 11.2. The van der Waals surface area contributed by atoms with Gasteiger partial charge in [-0.05, 0) is 41.4 Å². The first-order chi connectivity index (χ1) is 14.2. The molecule has 166 valence electrons. The third-order valence-electron chi connectivity index (χ3n) is 7.08. The zero-order chi connectivity index (χ0) is 22.3. The Morgan fingerprint density at radius 2 is 1.57 bits per heavy atom. The number of amides is 1. The van der Waals surface area contributed by atoms with Gasteiger partial charge in [-0.3, -0.25) is 9.69 Å². The van der Waals surface area contributed by atoms with E-state index in [1.165, 1.54) is 5.56 Å². The Morgan fingerprint density at radius 3 is 2.03 bits per heavy atom. The summed E-state index contributed by atoms with van der Waals surface area (Å²) in [5.41, 5.74) is 6.89. The Hall–Kier alpha value is -1.57. The summed E-state index contributed by atoms with van der Waals surface area (Å²) < 4.78 is 0. The van der Waals surface area contributed by atoms with Crippen LogP contribution >= 0.6 is 0 Å². The monoisotopic (exact) mass is 426 g/mol. The molecule has 0 aliphatic carbocycles. The predicted molar refractivity (Wildman–Crippen MR) is 131 cm³/mol. The van der Waals surface area contributed by atoms with Gasteiger partial charge in [0.15, 0.2) is 0 Å². The van der Waals surface area contributed by atoms with Gasteiger partial charge < -0.3 is 4.90 Å². The van der Waals surface area contributed by atoms with Crippen molar-refractivity contribution in [2.45, 2.75) is 90.4 Å². The molecular weight excluding hydrogens is 384 g/mol. The smallest absolute Gasteiger partial charge is 0.231 e. The molecule has 1 amide bonds. The summed E-state index contributed by atoms with van der Waals surface area (Å²) in [5.74, 6) is 0.101. The Kier molecular flexibility index (Phi) is 9.19. The zero-order valence-corrected chi connectivity index (χ0v) is 21.2. The van der Waals surface area contributed by atoms with Crippen LogP contribution in [0, 0.1) is 11.6 Å². The van der Waals surface area contributed by atoms with E-state index in [2.05, 4.69) is 88.4 Å². The normalized spacial score (nSPS) is 16.1. The maximum atomic E-state index is 12.5. The molecule has 1 saturated heterocycles. The summed E-state index contributed by atoms with van der Waals surface area (Å²) >= 11 is 0. The first kappa shape index (κ1) is 24.7. The molecule has 0 unspecified atom stereocenters. The topological polar surface area (TPSA) is 23.6 Å². The number of likely N-dealkylation sites (tertiary alicyclic amines) is 1. The van der Waals surface area contributed by atoms with Crippen LogP contribution in [0.4, 0.5) is 0 Å². The van der Waals surface area contributed by atoms with E-state index < -0.39 is 8.07 Å². The lowest BCUT2D eigenvalue weighted by Crippen LogP contribution is -2.47. The van der Waals surface area contributed by atoms with Crippen molar-refractivity contribution in [2.24, 2.45) is 0 Å². The fraction of sp³-hybridized carbons (Fsp3) is 0.654. The minimum Gasteiger partial charge on any atom is -0.303 e. The molecule has 0 saturated carbocycles. The highest BCUT2D eigenvalue weighted by Gasteiger charge is 2.42. The van der Waals surface area contributed by atoms with E-state index in [4.69, 9.17) is 0 Å². The highest BCUT2D eigenvalue weighted by molar-refractivity contribution is 6.90. The van der Waals surface area contributed by atoms with Crippen LogP contribution in [0.25, 0.3) is 0 Å². The third kappa shape index (κ3) is 5.99. The van der Waals surface area contributed by atoms with Crippen molar-refractivity contribution in [1.29, 1.82) is 0 Å². The highest BCUT2D eigenvalue weighted by Crippen LogP contribution is 2.40. The molecule has 2 rings (SSSR count). The Bertz CT molecular complexity index is 703. The number of piperidine rings is 1. The van der Waals surface area contributed by atoms with E-state index >= 15 is 0 Å². The van der Waals surface area contributed by atoms with Crippen molar-refractivity contribution in [3.05, 3.63) is 35.9 Å². The van der Waals surface area contributed by atoms with Gasteiger partial charge in [-0.25, -0.2) is 0 Å². The van der Waals surface area contributed by atoms with Gasteiger partial charge in [0.1, 0.15) is 8.07 Å². The fourth-order valence-corrected chi connectivity index (χ4v) is 10.5. The number of benzene rings is 1. The minimum absolute atomic E-state index is 0.101. The number of hydrogen-bond donors (Lipinski definition) is 0. The Labute approximate surface area is 186 Å². The van der Waals surface area contributed by atoms with Gasteiger partial charge in [0, 0.05) is 38.6 Å². The van der Waals surface area contributed by atoms with Gasteiger partial charge in [0.05, 0.1) is 0 Å². The lowest BCUT2D eigenvalue weighted by Gasteiger charge is -2.39. The summed E-state index contributed by atoms with van der Waals surface area (Å²) in [6.07, 6.45) is 3.12. The number of nitrogens with zero attached hydrogens (tertiary/aromatic N) is 2. The summed E-state index contributed by atoms with van der Waals surface area (Å²) in [4.78, 5) is 16.9. The van der Waals surface area contributed by atoms with Crippen LogP contribution < -0.4 is 0 Å². The number of hydrogen-bond acceptors (Lipinski definition) is 2. The molecule has 3 nitrogen and oxygen atoms in total. The van der Waals surface area contributed by atoms with Crippen LogP contribution in [0.3, 0.4) is 0 Å². The lowest BCUT2D eigenvalue weighted by atomic mass is 10.0. The SMILES string of the molecule is CC(=O)N(C#C[Si](C(C)C)(C(C)C)C(C)C)C1CCN(CCc2ccccc2)CC1. The van der Waals surface area contributed by atoms with Gasteiger partial charge in [0.2, 0.25) is 5.91 Å². The molecule has 4 heteroatoms. The maximum absolute atomic E-state index is 12.5. The molecule has 1 aliphatic rings. The van der Waals surface area contributed by atoms with Gasteiger partial charge in [-0.1, -0.05) is 71.9 Å². The van der Waals surface area contributed by atoms with Crippen molar-refractivity contribution >= 4 is 14.0 Å². The van der Waals surface area contributed by atoms with Crippen LogP contribution in [0.5, 0.6) is 0 Å². The van der Waals surface area contributed by atoms with Crippen LogP contribution in [0.1, 0.15) is 66.9 Å². The quantitative estimate of drug-likeness (QED) is 0.316. The lowest BCUT2D eigenvalue weighted by molar-refractivity contribution is -0.128. The molecule has 0 N–H and O–H groups in total. The number of rotatable bonds is 7. The van der Waals surface area contributed by atoms with E-state index in [1.54, 1.807) is 6.92 Å². The summed E-state index contributed by atoms with van der Waals surface area (Å²) in [5, 5.41) is 0. The van der Waals surface area contributed by atoms with E-state index in [1.807, 2.05) is 4.90 Å². The van der Waals surface area contributed by atoms with E-state index in [-0.39, 0.29) is 11.9 Å². The molecule has 0 atom stereocenters. The Morgan fingerprint density at radius 1 is 1.03 bits per heavy atom. The molecule has 1 aromatic carbocycles. The largest absolute Gasteiger partial charge is 0.303 e. The average molecular weight is 427 g/mol. The molecule has 0 radical (unpaired) electrons. The van der Waals surface area contributed by atoms with Crippen LogP contribution in [0.2, 0.25) is 16.6 Å². The predicted octanol–water partition coefficient (Wildman–Crippen LogP) is 5.72. The average Bonchev–Trinajstić information content (AvgIpc) is 2.70. The Balaban J connectivity index is 2.05. The van der Waals surface area contributed by atoms with Crippen molar-refractivity contribution in [2.75, 3.05) is 19.6 Å². The fourth-order valence-electron chi connectivity index (χ4n) is 5.35. The standard InChI is InChI=1S/C26H42N2OSi/c1-21(2)30(22(3)4,23(5)6)20-19-28(24(7)29)26-14-17-27(18-15-26)16-13-25-11-9-8-10-12-25/h8-12,21-23,26H,13-18H2,1-7H3. The molecule has 0 aromatic heterocycles. The number of carbonyl (C=O) groups excluding carboxylic acids is 1. The third-order valence-corrected chi connectivity index (χ3v) is 13.4. The van der Waals surface area contributed by atoms with Crippen molar-refractivity contribution in [3.63, 3.8) is 0 Å². The van der Waals surface area contributed by atoms with Gasteiger partial charge in [0.25, 0.3) is 0 Å².